The Morgan fingerprint density at radius 2 is 2.31 bits per heavy atom. The molecule has 0 bridgehead atoms. The number of nitrogens with zero attached hydrogens (tertiary/aromatic N) is 1. The molecule has 6 nitrogen and oxygen atoms in total. The molecular weight excluding hydrogens is 212 g/mol. The highest BCUT2D eigenvalue weighted by Gasteiger charge is 2.21. The first-order chi connectivity index (χ1) is 7.67. The van der Waals surface area contributed by atoms with Crippen molar-refractivity contribution in [1.29, 1.82) is 0 Å². The summed E-state index contributed by atoms with van der Waals surface area (Å²) < 4.78 is 9.67. The van der Waals surface area contributed by atoms with E-state index in [1.807, 2.05) is 6.92 Å². The summed E-state index contributed by atoms with van der Waals surface area (Å²) in [4.78, 5) is 24.2. The molecule has 1 aliphatic heterocycles. The average molecular weight is 230 g/mol. The molecule has 1 fully saturated rings. The van der Waals surface area contributed by atoms with Gasteiger partial charge >= 0.3 is 12.0 Å². The minimum atomic E-state index is -0.417. The molecule has 1 N–H and O–H groups in total. The third-order valence-corrected chi connectivity index (χ3v) is 2.47. The molecule has 1 heterocycles. The molecule has 0 saturated carbocycles. The van der Waals surface area contributed by atoms with Crippen LogP contribution in [-0.2, 0) is 14.3 Å². The minimum Gasteiger partial charge on any atom is -0.468 e. The molecular formula is C10H18N2O4. The van der Waals surface area contributed by atoms with Gasteiger partial charge < -0.3 is 19.7 Å². The Morgan fingerprint density at radius 1 is 1.56 bits per heavy atom. The molecule has 6 heteroatoms. The van der Waals surface area contributed by atoms with Crippen LogP contribution in [-0.4, -0.2) is 56.4 Å². The van der Waals surface area contributed by atoms with Crippen molar-refractivity contribution < 1.29 is 19.1 Å². The number of methoxy groups -OCH3 is 1. The van der Waals surface area contributed by atoms with E-state index in [-0.39, 0.29) is 18.6 Å². The molecule has 1 unspecified atom stereocenters. The van der Waals surface area contributed by atoms with E-state index in [2.05, 4.69) is 10.1 Å². The van der Waals surface area contributed by atoms with E-state index in [9.17, 15) is 9.59 Å². The van der Waals surface area contributed by atoms with Crippen LogP contribution in [0.2, 0.25) is 0 Å². The molecule has 0 radical (unpaired) electrons. The fourth-order valence-electron chi connectivity index (χ4n) is 1.46. The fourth-order valence-corrected chi connectivity index (χ4v) is 1.46. The fraction of sp³-hybridized carbons (Fsp3) is 0.800. The van der Waals surface area contributed by atoms with Gasteiger partial charge in [0.25, 0.3) is 0 Å². The molecule has 92 valence electrons. The normalized spacial score (nSPS) is 19.2. The van der Waals surface area contributed by atoms with Gasteiger partial charge in [-0.05, 0) is 13.3 Å². The Bertz CT molecular complexity index is 251. The van der Waals surface area contributed by atoms with Crippen molar-refractivity contribution >= 4 is 12.0 Å². The molecule has 0 aromatic carbocycles. The van der Waals surface area contributed by atoms with E-state index < -0.39 is 5.97 Å². The van der Waals surface area contributed by atoms with Gasteiger partial charge in [-0.2, -0.15) is 0 Å². The van der Waals surface area contributed by atoms with Crippen LogP contribution in [0.5, 0.6) is 0 Å². The van der Waals surface area contributed by atoms with Crippen molar-refractivity contribution in [1.82, 2.24) is 10.2 Å². The first-order valence-corrected chi connectivity index (χ1v) is 5.37. The van der Waals surface area contributed by atoms with E-state index in [0.29, 0.717) is 19.8 Å². The Labute approximate surface area is 94.9 Å². The molecule has 0 aliphatic carbocycles. The zero-order valence-corrected chi connectivity index (χ0v) is 9.69. The van der Waals surface area contributed by atoms with Crippen molar-refractivity contribution in [2.24, 2.45) is 0 Å². The molecule has 1 atom stereocenters. The summed E-state index contributed by atoms with van der Waals surface area (Å²) in [6.45, 7) is 3.48. The van der Waals surface area contributed by atoms with E-state index in [1.54, 1.807) is 0 Å². The Morgan fingerprint density at radius 3 is 2.81 bits per heavy atom. The van der Waals surface area contributed by atoms with Crippen molar-refractivity contribution in [3.63, 3.8) is 0 Å². The van der Waals surface area contributed by atoms with Crippen molar-refractivity contribution in [3.8, 4) is 0 Å². The summed E-state index contributed by atoms with van der Waals surface area (Å²) in [5.41, 5.74) is 0. The third-order valence-electron chi connectivity index (χ3n) is 2.47. The van der Waals surface area contributed by atoms with Crippen LogP contribution in [0.1, 0.15) is 13.3 Å². The van der Waals surface area contributed by atoms with Gasteiger partial charge in [0.15, 0.2) is 0 Å². The van der Waals surface area contributed by atoms with Gasteiger partial charge in [0.2, 0.25) is 0 Å². The van der Waals surface area contributed by atoms with E-state index >= 15 is 0 Å². The number of amides is 2. The molecule has 0 aromatic heterocycles. The minimum absolute atomic E-state index is 0.0214. The van der Waals surface area contributed by atoms with Crippen LogP contribution in [0.3, 0.4) is 0 Å². The van der Waals surface area contributed by atoms with E-state index in [1.165, 1.54) is 12.0 Å². The lowest BCUT2D eigenvalue weighted by molar-refractivity contribution is -0.141. The summed E-state index contributed by atoms with van der Waals surface area (Å²) >= 11 is 0. The van der Waals surface area contributed by atoms with Crippen LogP contribution in [0.15, 0.2) is 0 Å². The summed E-state index contributed by atoms with van der Waals surface area (Å²) in [7, 11) is 1.30. The van der Waals surface area contributed by atoms with Gasteiger partial charge in [-0.25, -0.2) is 4.79 Å². The van der Waals surface area contributed by atoms with Crippen LogP contribution >= 0.6 is 0 Å². The van der Waals surface area contributed by atoms with E-state index in [4.69, 9.17) is 4.74 Å². The predicted molar refractivity (Wildman–Crippen MR) is 57.0 cm³/mol. The number of nitrogens with one attached hydrogen (secondary N) is 1. The maximum atomic E-state index is 11.7. The molecule has 1 rings (SSSR count). The molecule has 1 aliphatic rings. The first-order valence-electron chi connectivity index (χ1n) is 5.37. The van der Waals surface area contributed by atoms with Gasteiger partial charge in [-0.1, -0.05) is 0 Å². The molecule has 16 heavy (non-hydrogen) atoms. The van der Waals surface area contributed by atoms with E-state index in [0.717, 1.165) is 6.42 Å². The number of esters is 1. The molecule has 0 aromatic rings. The second-order valence-corrected chi connectivity index (χ2v) is 3.60. The summed E-state index contributed by atoms with van der Waals surface area (Å²) in [6.07, 6.45) is 0.821. The van der Waals surface area contributed by atoms with Gasteiger partial charge in [-0.15, -0.1) is 0 Å². The number of carbonyl (C=O) groups is 2. The number of hydrogen-bond donors (Lipinski definition) is 1. The highest BCUT2D eigenvalue weighted by molar-refractivity contribution is 5.81. The van der Waals surface area contributed by atoms with Gasteiger partial charge in [0, 0.05) is 13.2 Å². The van der Waals surface area contributed by atoms with Crippen molar-refractivity contribution in [2.75, 3.05) is 33.4 Å². The lowest BCUT2D eigenvalue weighted by Crippen LogP contribution is -2.47. The maximum Gasteiger partial charge on any atom is 0.325 e. The summed E-state index contributed by atoms with van der Waals surface area (Å²) in [5, 5.41) is 2.81. The van der Waals surface area contributed by atoms with Gasteiger partial charge in [0.1, 0.15) is 6.54 Å². The zero-order chi connectivity index (χ0) is 12.0. The van der Waals surface area contributed by atoms with Crippen LogP contribution in [0.4, 0.5) is 4.79 Å². The average Bonchev–Trinajstić information content (AvgIpc) is 2.77. The lowest BCUT2D eigenvalue weighted by atomic mass is 10.3. The SMILES string of the molecule is CCN(CC(=O)OC)C(=O)NC1CCOC1. The number of likely N-dealkylation sites (N-methyl/N-ethyl adjacent to an activating group) is 1. The Hall–Kier alpha value is -1.30. The lowest BCUT2D eigenvalue weighted by Gasteiger charge is -2.22. The zero-order valence-electron chi connectivity index (χ0n) is 9.69. The number of ether oxygens (including phenoxy) is 2. The second-order valence-electron chi connectivity index (χ2n) is 3.60. The van der Waals surface area contributed by atoms with Crippen LogP contribution < -0.4 is 5.32 Å². The highest BCUT2D eigenvalue weighted by atomic mass is 16.5. The maximum absolute atomic E-state index is 11.7. The van der Waals surface area contributed by atoms with Crippen molar-refractivity contribution in [3.05, 3.63) is 0 Å². The second kappa shape index (κ2) is 6.32. The predicted octanol–water partition coefficient (Wildman–Crippen LogP) is -0.0202. The Kier molecular flexibility index (Phi) is 5.04. The summed E-state index contributed by atoms with van der Waals surface area (Å²) in [5.74, 6) is -0.417. The first kappa shape index (κ1) is 12.8. The smallest absolute Gasteiger partial charge is 0.325 e. The third kappa shape index (κ3) is 3.69. The van der Waals surface area contributed by atoms with Gasteiger partial charge in [0.05, 0.1) is 19.8 Å². The molecule has 2 amide bonds. The number of rotatable bonds is 4. The Balaban J connectivity index is 2.38. The van der Waals surface area contributed by atoms with Crippen LogP contribution in [0.25, 0.3) is 0 Å². The monoisotopic (exact) mass is 230 g/mol. The topological polar surface area (TPSA) is 67.9 Å². The van der Waals surface area contributed by atoms with Gasteiger partial charge in [-0.3, -0.25) is 4.79 Å². The quantitative estimate of drug-likeness (QED) is 0.689. The number of urea groups is 1. The largest absolute Gasteiger partial charge is 0.468 e. The summed E-state index contributed by atoms with van der Waals surface area (Å²) in [6, 6.07) is -0.192. The number of hydrogen-bond acceptors (Lipinski definition) is 4. The van der Waals surface area contributed by atoms with Crippen LogP contribution in [0, 0.1) is 0 Å². The molecule has 0 spiro atoms. The van der Waals surface area contributed by atoms with Crippen molar-refractivity contribution in [2.45, 2.75) is 19.4 Å². The standard InChI is InChI=1S/C10H18N2O4/c1-3-12(6-9(13)15-2)10(14)11-8-4-5-16-7-8/h8H,3-7H2,1-2H3,(H,11,14). The highest BCUT2D eigenvalue weighted by Crippen LogP contribution is 2.04. The number of carbonyl (C=O) groups excluding carboxylic acids is 2. The molecule has 1 saturated heterocycles.